The molecule has 0 radical (unpaired) electrons. The van der Waals surface area contributed by atoms with E-state index in [9.17, 15) is 18.3 Å². The number of rotatable bonds is 7. The molecule has 1 aliphatic rings. The molecule has 0 atom stereocenters. The molecule has 3 rings (SSSR count). The summed E-state index contributed by atoms with van der Waals surface area (Å²) in [6.45, 7) is 6.73. The van der Waals surface area contributed by atoms with Crippen molar-refractivity contribution in [3.63, 3.8) is 0 Å². The second-order valence-electron chi connectivity index (χ2n) is 9.16. The number of ether oxygens (including phenoxy) is 2. The zero-order valence-electron chi connectivity index (χ0n) is 19.5. The van der Waals surface area contributed by atoms with Gasteiger partial charge in [-0.25, -0.2) is 4.79 Å². The Morgan fingerprint density at radius 2 is 1.76 bits per heavy atom. The fourth-order valence-electron chi connectivity index (χ4n) is 3.50. The van der Waals surface area contributed by atoms with Gasteiger partial charge in [0.1, 0.15) is 22.0 Å². The highest BCUT2D eigenvalue weighted by atomic mass is 35.5. The molecular weight excluding hydrogens is 482 g/mol. The lowest BCUT2D eigenvalue weighted by molar-refractivity contribution is 0.0165. The van der Waals surface area contributed by atoms with Crippen molar-refractivity contribution >= 4 is 27.8 Å². The van der Waals surface area contributed by atoms with E-state index in [4.69, 9.17) is 25.3 Å². The van der Waals surface area contributed by atoms with E-state index in [2.05, 4.69) is 0 Å². The number of carbonyl (C=O) groups excluding carboxylic acids is 1. The lowest BCUT2D eigenvalue weighted by Gasteiger charge is -2.33. The van der Waals surface area contributed by atoms with Gasteiger partial charge in [0.25, 0.3) is 0 Å². The van der Waals surface area contributed by atoms with Crippen molar-refractivity contribution in [2.45, 2.75) is 50.7 Å². The van der Waals surface area contributed by atoms with Crippen molar-refractivity contribution in [1.82, 2.24) is 4.90 Å². The summed E-state index contributed by atoms with van der Waals surface area (Å²) in [5, 5.41) is 9.64. The highest BCUT2D eigenvalue weighted by molar-refractivity contribution is 7.87. The van der Waals surface area contributed by atoms with Crippen molar-refractivity contribution < 1.29 is 32.0 Å². The van der Waals surface area contributed by atoms with Gasteiger partial charge in [0.05, 0.1) is 18.2 Å². The molecule has 2 aromatic carbocycles. The highest BCUT2D eigenvalue weighted by Crippen LogP contribution is 2.29. The molecule has 2 aromatic rings. The van der Waals surface area contributed by atoms with Crippen LogP contribution in [-0.2, 0) is 21.5 Å². The van der Waals surface area contributed by atoms with E-state index in [1.165, 1.54) is 24.3 Å². The Morgan fingerprint density at radius 3 is 2.38 bits per heavy atom. The van der Waals surface area contributed by atoms with Crippen LogP contribution in [0.1, 0.15) is 39.2 Å². The summed E-state index contributed by atoms with van der Waals surface area (Å²) in [7, 11) is -4.17. The number of aliphatic hydroxyl groups is 1. The largest absolute Gasteiger partial charge is 0.493 e. The van der Waals surface area contributed by atoms with Gasteiger partial charge in [-0.1, -0.05) is 23.7 Å². The molecule has 1 fully saturated rings. The topological polar surface area (TPSA) is 102 Å². The predicted octanol–water partition coefficient (Wildman–Crippen LogP) is 4.63. The van der Waals surface area contributed by atoms with E-state index < -0.39 is 15.7 Å². The maximum atomic E-state index is 12.7. The van der Waals surface area contributed by atoms with E-state index in [1.54, 1.807) is 23.1 Å². The third-order valence-corrected chi connectivity index (χ3v) is 6.93. The van der Waals surface area contributed by atoms with Crippen molar-refractivity contribution in [2.75, 3.05) is 19.7 Å². The van der Waals surface area contributed by atoms with Gasteiger partial charge in [-0.05, 0) is 69.4 Å². The molecular formula is C24H30ClNO7S. The minimum atomic E-state index is -4.17. The van der Waals surface area contributed by atoms with Crippen molar-refractivity contribution in [3.8, 4) is 11.5 Å². The van der Waals surface area contributed by atoms with Crippen LogP contribution in [0, 0.1) is 5.92 Å². The maximum Gasteiger partial charge on any atom is 0.410 e. The first-order chi connectivity index (χ1) is 16.0. The number of piperidine rings is 1. The van der Waals surface area contributed by atoms with Crippen molar-refractivity contribution in [3.05, 3.63) is 53.1 Å². The van der Waals surface area contributed by atoms with Crippen LogP contribution in [0.4, 0.5) is 4.79 Å². The van der Waals surface area contributed by atoms with Crippen LogP contribution in [0.25, 0.3) is 0 Å². The Kier molecular flexibility index (Phi) is 8.33. The number of halogens is 1. The number of hydrogen-bond acceptors (Lipinski definition) is 7. The molecule has 186 valence electrons. The summed E-state index contributed by atoms with van der Waals surface area (Å²) in [5.41, 5.74) is -0.0879. The Hall–Kier alpha value is -2.49. The lowest BCUT2D eigenvalue weighted by Crippen LogP contribution is -2.42. The van der Waals surface area contributed by atoms with Gasteiger partial charge in [-0.15, -0.1) is 0 Å². The van der Waals surface area contributed by atoms with Crippen molar-refractivity contribution in [1.29, 1.82) is 0 Å². The second kappa shape index (κ2) is 10.8. The molecule has 34 heavy (non-hydrogen) atoms. The first-order valence-electron chi connectivity index (χ1n) is 11.0. The van der Waals surface area contributed by atoms with Gasteiger partial charge in [0, 0.05) is 19.2 Å². The Bertz CT molecular complexity index is 1110. The van der Waals surface area contributed by atoms with Gasteiger partial charge in [0.15, 0.2) is 0 Å². The van der Waals surface area contributed by atoms with Gasteiger partial charge < -0.3 is 23.7 Å². The molecule has 0 aromatic heterocycles. The number of aliphatic hydroxyl groups excluding tert-OH is 1. The van der Waals surface area contributed by atoms with E-state index in [0.717, 1.165) is 12.8 Å². The smallest absolute Gasteiger partial charge is 0.410 e. The molecule has 8 nitrogen and oxygen atoms in total. The normalized spacial score (nSPS) is 15.1. The standard InChI is InChI=1S/C24H30ClNO7S/c1-24(2,3)32-23(28)26-10-8-17(9-11-26)16-31-19-12-18(15-27)13-20(14-19)33-34(29,30)22-7-5-4-6-21(22)25/h4-7,12-14,17,27H,8-11,15-16H2,1-3H3. The summed E-state index contributed by atoms with van der Waals surface area (Å²) in [6.07, 6.45) is 1.19. The Balaban J connectivity index is 1.62. The van der Waals surface area contributed by atoms with Gasteiger partial charge >= 0.3 is 16.2 Å². The van der Waals surface area contributed by atoms with E-state index in [-0.39, 0.29) is 34.3 Å². The molecule has 0 aliphatic carbocycles. The molecule has 0 unspecified atom stereocenters. The van der Waals surface area contributed by atoms with E-state index in [1.807, 2.05) is 20.8 Å². The maximum absolute atomic E-state index is 12.7. The molecule has 0 spiro atoms. The first kappa shape index (κ1) is 26.1. The molecule has 1 heterocycles. The summed E-state index contributed by atoms with van der Waals surface area (Å²) in [6, 6.07) is 10.5. The summed E-state index contributed by atoms with van der Waals surface area (Å²) < 4.78 is 41.9. The van der Waals surface area contributed by atoms with Gasteiger partial charge in [-0.3, -0.25) is 0 Å². The SMILES string of the molecule is CC(C)(C)OC(=O)N1CCC(COc2cc(CO)cc(OS(=O)(=O)c3ccccc3Cl)c2)CC1. The number of carbonyl (C=O) groups is 1. The summed E-state index contributed by atoms with van der Waals surface area (Å²) >= 11 is 6.01. The summed E-state index contributed by atoms with van der Waals surface area (Å²) in [4.78, 5) is 13.8. The summed E-state index contributed by atoms with van der Waals surface area (Å²) in [5.74, 6) is 0.611. The predicted molar refractivity (Wildman–Crippen MR) is 128 cm³/mol. The first-order valence-corrected chi connectivity index (χ1v) is 12.8. The highest BCUT2D eigenvalue weighted by Gasteiger charge is 2.27. The Labute approximate surface area is 205 Å². The number of amides is 1. The zero-order valence-corrected chi connectivity index (χ0v) is 21.1. The fraction of sp³-hybridized carbons (Fsp3) is 0.458. The third kappa shape index (κ3) is 7.25. The average Bonchev–Trinajstić information content (AvgIpc) is 2.76. The zero-order chi connectivity index (χ0) is 24.9. The Morgan fingerprint density at radius 1 is 1.12 bits per heavy atom. The van der Waals surface area contributed by atoms with Gasteiger partial charge in [0.2, 0.25) is 0 Å². The fourth-order valence-corrected chi connectivity index (χ4v) is 4.91. The van der Waals surface area contributed by atoms with Crippen LogP contribution >= 0.6 is 11.6 Å². The molecule has 1 N–H and O–H groups in total. The van der Waals surface area contributed by atoms with Crippen molar-refractivity contribution in [2.24, 2.45) is 5.92 Å². The van der Waals surface area contributed by atoms with Crippen LogP contribution < -0.4 is 8.92 Å². The van der Waals surface area contributed by atoms with Crippen LogP contribution in [0.15, 0.2) is 47.4 Å². The monoisotopic (exact) mass is 511 g/mol. The quantitative estimate of drug-likeness (QED) is 0.541. The molecule has 1 aliphatic heterocycles. The van der Waals surface area contributed by atoms with Crippen LogP contribution in [0.5, 0.6) is 11.5 Å². The number of hydrogen-bond donors (Lipinski definition) is 1. The molecule has 10 heteroatoms. The van der Waals surface area contributed by atoms with E-state index >= 15 is 0 Å². The molecule has 0 bridgehead atoms. The van der Waals surface area contributed by atoms with Crippen LogP contribution in [-0.4, -0.2) is 49.8 Å². The molecule has 1 saturated heterocycles. The number of benzene rings is 2. The van der Waals surface area contributed by atoms with Gasteiger partial charge in [-0.2, -0.15) is 8.42 Å². The second-order valence-corrected chi connectivity index (χ2v) is 11.1. The minimum Gasteiger partial charge on any atom is -0.493 e. The van der Waals surface area contributed by atoms with Crippen LogP contribution in [0.3, 0.4) is 0 Å². The molecule has 1 amide bonds. The number of likely N-dealkylation sites (tertiary alicyclic amines) is 1. The third-order valence-electron chi connectivity index (χ3n) is 5.19. The average molecular weight is 512 g/mol. The lowest BCUT2D eigenvalue weighted by atomic mass is 9.98. The van der Waals surface area contributed by atoms with E-state index in [0.29, 0.717) is 31.0 Å². The molecule has 0 saturated carbocycles. The van der Waals surface area contributed by atoms with Crippen LogP contribution in [0.2, 0.25) is 5.02 Å². The number of nitrogens with zero attached hydrogens (tertiary/aromatic N) is 1. The minimum absolute atomic E-state index is 0.0150.